The van der Waals surface area contributed by atoms with Crippen molar-refractivity contribution in [3.05, 3.63) is 29.1 Å². The monoisotopic (exact) mass is 280 g/mol. The number of rotatable bonds is 6. The molecule has 1 amide bonds. The van der Waals surface area contributed by atoms with E-state index < -0.39 is 0 Å². The average Bonchev–Trinajstić information content (AvgIpc) is 2.81. The van der Waals surface area contributed by atoms with Crippen LogP contribution in [0.25, 0.3) is 10.1 Å². The molecule has 1 aromatic carbocycles. The van der Waals surface area contributed by atoms with Gasteiger partial charge in [-0.25, -0.2) is 0 Å². The topological polar surface area (TPSA) is 84.6 Å². The van der Waals surface area contributed by atoms with E-state index in [1.807, 2.05) is 24.3 Å². The third-order valence-electron chi connectivity index (χ3n) is 2.53. The highest BCUT2D eigenvalue weighted by Gasteiger charge is 2.09. The van der Waals surface area contributed by atoms with E-state index in [4.69, 9.17) is 15.6 Å². The Labute approximate surface area is 115 Å². The summed E-state index contributed by atoms with van der Waals surface area (Å²) >= 11 is 1.43. The van der Waals surface area contributed by atoms with Gasteiger partial charge in [0.05, 0.1) is 24.7 Å². The fourth-order valence-corrected chi connectivity index (χ4v) is 2.62. The van der Waals surface area contributed by atoms with Gasteiger partial charge >= 0.3 is 0 Å². The predicted octanol–water partition coefficient (Wildman–Crippen LogP) is 1.22. The highest BCUT2D eigenvalue weighted by molar-refractivity contribution is 7.20. The van der Waals surface area contributed by atoms with Crippen molar-refractivity contribution in [1.29, 1.82) is 0 Å². The van der Waals surface area contributed by atoms with Gasteiger partial charge < -0.3 is 20.9 Å². The van der Waals surface area contributed by atoms with Crippen molar-refractivity contribution >= 4 is 33.0 Å². The molecular formula is C13H16N2O3S. The van der Waals surface area contributed by atoms with Crippen LogP contribution in [0.2, 0.25) is 0 Å². The summed E-state index contributed by atoms with van der Waals surface area (Å²) < 4.78 is 6.10. The quantitative estimate of drug-likeness (QED) is 0.549. The normalized spacial score (nSPS) is 10.8. The van der Waals surface area contributed by atoms with Crippen LogP contribution in [-0.2, 0) is 4.74 Å². The third-order valence-corrected chi connectivity index (χ3v) is 3.65. The smallest absolute Gasteiger partial charge is 0.261 e. The summed E-state index contributed by atoms with van der Waals surface area (Å²) in [5.41, 5.74) is 6.39. The Morgan fingerprint density at radius 2 is 2.21 bits per heavy atom. The molecule has 0 aliphatic carbocycles. The molecule has 0 radical (unpaired) electrons. The third kappa shape index (κ3) is 3.66. The number of benzene rings is 1. The number of nitrogens with one attached hydrogen (secondary N) is 1. The minimum absolute atomic E-state index is 0.00825. The van der Waals surface area contributed by atoms with E-state index in [0.717, 1.165) is 10.1 Å². The second kappa shape index (κ2) is 6.51. The number of ether oxygens (including phenoxy) is 1. The van der Waals surface area contributed by atoms with Crippen LogP contribution in [0.5, 0.6) is 0 Å². The first-order valence-corrected chi connectivity index (χ1v) is 6.78. The molecule has 2 rings (SSSR count). The summed E-state index contributed by atoms with van der Waals surface area (Å²) in [5, 5.41) is 12.3. The van der Waals surface area contributed by atoms with Crippen LogP contribution in [0.4, 0.5) is 5.69 Å². The predicted molar refractivity (Wildman–Crippen MR) is 76.5 cm³/mol. The molecule has 4 N–H and O–H groups in total. The van der Waals surface area contributed by atoms with E-state index in [1.54, 1.807) is 0 Å². The minimum Gasteiger partial charge on any atom is -0.399 e. The largest absolute Gasteiger partial charge is 0.399 e. The second-order valence-corrected chi connectivity index (χ2v) is 5.08. The van der Waals surface area contributed by atoms with Crippen LogP contribution in [0, 0.1) is 0 Å². The van der Waals surface area contributed by atoms with Gasteiger partial charge in [-0.05, 0) is 29.7 Å². The van der Waals surface area contributed by atoms with Crippen LogP contribution >= 0.6 is 11.3 Å². The van der Waals surface area contributed by atoms with Crippen LogP contribution in [-0.4, -0.2) is 37.4 Å². The van der Waals surface area contributed by atoms with E-state index in [0.29, 0.717) is 23.7 Å². The van der Waals surface area contributed by atoms with E-state index in [-0.39, 0.29) is 19.1 Å². The van der Waals surface area contributed by atoms with E-state index in [1.165, 1.54) is 11.3 Å². The van der Waals surface area contributed by atoms with Gasteiger partial charge in [0.1, 0.15) is 0 Å². The lowest BCUT2D eigenvalue weighted by atomic mass is 10.2. The van der Waals surface area contributed by atoms with Gasteiger partial charge in [-0.2, -0.15) is 0 Å². The standard InChI is InChI=1S/C13H16N2O3S/c14-10-1-2-11-9(7-10)8-12(19-11)13(17)15-3-5-18-6-4-16/h1-2,7-8,16H,3-6,14H2,(H,15,17). The Hall–Kier alpha value is -1.63. The molecule has 0 bridgehead atoms. The maximum Gasteiger partial charge on any atom is 0.261 e. The number of fused-ring (bicyclic) bond motifs is 1. The summed E-state index contributed by atoms with van der Waals surface area (Å²) in [6.45, 7) is 1.10. The molecule has 19 heavy (non-hydrogen) atoms. The number of hydrogen-bond acceptors (Lipinski definition) is 5. The summed E-state index contributed by atoms with van der Waals surface area (Å²) in [7, 11) is 0. The number of carbonyl (C=O) groups excluding carboxylic acids is 1. The maximum absolute atomic E-state index is 11.9. The van der Waals surface area contributed by atoms with Crippen molar-refractivity contribution in [2.45, 2.75) is 0 Å². The molecule has 0 saturated heterocycles. The Balaban J connectivity index is 1.94. The number of thiophene rings is 1. The Morgan fingerprint density at radius 3 is 3.00 bits per heavy atom. The van der Waals surface area contributed by atoms with E-state index in [2.05, 4.69) is 5.32 Å². The van der Waals surface area contributed by atoms with Gasteiger partial charge in [0.15, 0.2) is 0 Å². The number of amides is 1. The maximum atomic E-state index is 11.9. The minimum atomic E-state index is -0.118. The Kier molecular flexibility index (Phi) is 4.73. The molecule has 0 unspecified atom stereocenters. The number of aliphatic hydroxyl groups is 1. The van der Waals surface area contributed by atoms with Crippen LogP contribution in [0.15, 0.2) is 24.3 Å². The van der Waals surface area contributed by atoms with Crippen molar-refractivity contribution in [3.63, 3.8) is 0 Å². The summed E-state index contributed by atoms with van der Waals surface area (Å²) in [5.74, 6) is -0.118. The molecule has 0 atom stereocenters. The van der Waals surface area contributed by atoms with Crippen molar-refractivity contribution in [2.75, 3.05) is 32.1 Å². The van der Waals surface area contributed by atoms with Gasteiger partial charge in [0.2, 0.25) is 0 Å². The van der Waals surface area contributed by atoms with Gasteiger partial charge in [0.25, 0.3) is 5.91 Å². The van der Waals surface area contributed by atoms with Gasteiger partial charge in [-0.1, -0.05) is 0 Å². The first-order valence-electron chi connectivity index (χ1n) is 5.96. The lowest BCUT2D eigenvalue weighted by Gasteiger charge is -2.03. The van der Waals surface area contributed by atoms with Crippen molar-refractivity contribution in [2.24, 2.45) is 0 Å². The lowest BCUT2D eigenvalue weighted by Crippen LogP contribution is -2.26. The number of hydrogen-bond donors (Lipinski definition) is 3. The summed E-state index contributed by atoms with van der Waals surface area (Å²) in [4.78, 5) is 12.6. The SMILES string of the molecule is Nc1ccc2sc(C(=O)NCCOCCO)cc2c1. The molecule has 0 spiro atoms. The van der Waals surface area contributed by atoms with Gasteiger partial charge in [-0.15, -0.1) is 11.3 Å². The number of aliphatic hydroxyl groups excluding tert-OH is 1. The number of nitrogen functional groups attached to an aromatic ring is 1. The lowest BCUT2D eigenvalue weighted by molar-refractivity contribution is 0.0840. The van der Waals surface area contributed by atoms with Crippen molar-refractivity contribution < 1.29 is 14.6 Å². The first kappa shape index (κ1) is 13.8. The first-order chi connectivity index (χ1) is 9.20. The zero-order valence-corrected chi connectivity index (χ0v) is 11.2. The average molecular weight is 280 g/mol. The molecule has 0 fully saturated rings. The fraction of sp³-hybridized carbons (Fsp3) is 0.308. The van der Waals surface area contributed by atoms with E-state index in [9.17, 15) is 4.79 Å². The van der Waals surface area contributed by atoms with Gasteiger partial charge in [-0.3, -0.25) is 4.79 Å². The van der Waals surface area contributed by atoms with Crippen LogP contribution < -0.4 is 11.1 Å². The number of nitrogens with two attached hydrogens (primary N) is 1. The molecule has 0 aliphatic rings. The molecule has 102 valence electrons. The number of anilines is 1. The number of carbonyl (C=O) groups is 1. The van der Waals surface area contributed by atoms with Crippen molar-refractivity contribution in [1.82, 2.24) is 5.32 Å². The molecule has 1 aromatic heterocycles. The van der Waals surface area contributed by atoms with Gasteiger partial charge in [0, 0.05) is 16.9 Å². The molecule has 5 nitrogen and oxygen atoms in total. The second-order valence-electron chi connectivity index (χ2n) is 4.00. The van der Waals surface area contributed by atoms with Crippen molar-refractivity contribution in [3.8, 4) is 0 Å². The Morgan fingerprint density at radius 1 is 1.37 bits per heavy atom. The molecule has 1 heterocycles. The molecule has 0 saturated carbocycles. The van der Waals surface area contributed by atoms with Crippen LogP contribution in [0.3, 0.4) is 0 Å². The summed E-state index contributed by atoms with van der Waals surface area (Å²) in [6.07, 6.45) is 0. The fourth-order valence-electron chi connectivity index (χ4n) is 1.66. The van der Waals surface area contributed by atoms with E-state index >= 15 is 0 Å². The summed E-state index contributed by atoms with van der Waals surface area (Å²) in [6, 6.07) is 7.42. The van der Waals surface area contributed by atoms with Crippen LogP contribution in [0.1, 0.15) is 9.67 Å². The zero-order valence-electron chi connectivity index (χ0n) is 10.4. The zero-order chi connectivity index (χ0) is 13.7. The molecule has 0 aliphatic heterocycles. The molecular weight excluding hydrogens is 264 g/mol. The molecule has 6 heteroatoms. The highest BCUT2D eigenvalue weighted by atomic mass is 32.1. The Bertz CT molecular complexity index is 568. The highest BCUT2D eigenvalue weighted by Crippen LogP contribution is 2.27. The molecule has 2 aromatic rings.